The molecule has 0 aliphatic carbocycles. The van der Waals surface area contributed by atoms with Crippen LogP contribution in [0.4, 0.5) is 4.39 Å². The highest BCUT2D eigenvalue weighted by atomic mass is 19.1. The minimum absolute atomic E-state index is 0.0223. The van der Waals surface area contributed by atoms with E-state index in [1.165, 1.54) is 12.1 Å². The Labute approximate surface area is 163 Å². The molecule has 1 saturated heterocycles. The van der Waals surface area contributed by atoms with Gasteiger partial charge >= 0.3 is 0 Å². The Kier molecular flexibility index (Phi) is 5.09. The van der Waals surface area contributed by atoms with Crippen molar-refractivity contribution in [3.8, 4) is 0 Å². The second-order valence-electron chi connectivity index (χ2n) is 7.36. The van der Waals surface area contributed by atoms with Gasteiger partial charge in [0, 0.05) is 18.3 Å². The fourth-order valence-corrected chi connectivity index (χ4v) is 3.83. The van der Waals surface area contributed by atoms with Crippen LogP contribution < -0.4 is 5.32 Å². The van der Waals surface area contributed by atoms with Crippen molar-refractivity contribution in [1.82, 2.24) is 24.8 Å². The molecule has 0 radical (unpaired) electrons. The summed E-state index contributed by atoms with van der Waals surface area (Å²) in [6, 6.07) is 10.2. The first-order chi connectivity index (χ1) is 13.5. The highest BCUT2D eigenvalue weighted by molar-refractivity contribution is 5.92. The van der Waals surface area contributed by atoms with Crippen molar-refractivity contribution in [3.63, 3.8) is 0 Å². The van der Waals surface area contributed by atoms with Crippen LogP contribution in [-0.2, 0) is 0 Å². The van der Waals surface area contributed by atoms with Crippen LogP contribution in [0, 0.1) is 19.7 Å². The number of hydrogen-bond donors (Lipinski definition) is 1. The average molecular weight is 381 g/mol. The molecule has 2 aromatic heterocycles. The second kappa shape index (κ2) is 7.67. The van der Waals surface area contributed by atoms with Gasteiger partial charge in [0.25, 0.3) is 5.91 Å². The van der Waals surface area contributed by atoms with Crippen molar-refractivity contribution in [1.29, 1.82) is 0 Å². The fraction of sp³-hybridized carbons (Fsp3) is 0.381. The maximum Gasteiger partial charge on any atom is 0.270 e. The van der Waals surface area contributed by atoms with E-state index in [2.05, 4.69) is 20.3 Å². The number of likely N-dealkylation sites (tertiary alicyclic amines) is 1. The van der Waals surface area contributed by atoms with Crippen molar-refractivity contribution in [2.75, 3.05) is 19.6 Å². The highest BCUT2D eigenvalue weighted by Crippen LogP contribution is 2.25. The summed E-state index contributed by atoms with van der Waals surface area (Å²) in [6.07, 6.45) is 2.28. The molecular weight excluding hydrogens is 357 g/mol. The number of nitrogens with one attached hydrogen (secondary N) is 1. The zero-order valence-corrected chi connectivity index (χ0v) is 16.2. The third-order valence-electron chi connectivity index (χ3n) is 5.25. The number of carbonyl (C=O) groups is 1. The SMILES string of the molecule is Cc1cc2nc(C(=O)NC[C@H](c3ccc(F)cc3)N3CCCC3)cc(C)n2n1. The Hall–Kier alpha value is -2.80. The molecule has 1 aliphatic rings. The Morgan fingerprint density at radius 2 is 1.89 bits per heavy atom. The van der Waals surface area contributed by atoms with E-state index in [0.29, 0.717) is 17.9 Å². The summed E-state index contributed by atoms with van der Waals surface area (Å²) < 4.78 is 15.1. The molecule has 3 aromatic rings. The number of fused-ring (bicyclic) bond motifs is 1. The molecule has 1 aromatic carbocycles. The largest absolute Gasteiger partial charge is 0.349 e. The van der Waals surface area contributed by atoms with Crippen molar-refractivity contribution in [3.05, 3.63) is 64.9 Å². The molecule has 1 amide bonds. The first-order valence-corrected chi connectivity index (χ1v) is 9.63. The number of aromatic nitrogens is 3. The Bertz CT molecular complexity index is 992. The summed E-state index contributed by atoms with van der Waals surface area (Å²) in [7, 11) is 0. The van der Waals surface area contributed by atoms with Crippen LogP contribution in [0.3, 0.4) is 0 Å². The average Bonchev–Trinajstić information content (AvgIpc) is 3.32. The van der Waals surface area contributed by atoms with Crippen LogP contribution in [0.2, 0.25) is 0 Å². The lowest BCUT2D eigenvalue weighted by Gasteiger charge is -2.28. The molecule has 28 heavy (non-hydrogen) atoms. The monoisotopic (exact) mass is 381 g/mol. The predicted molar refractivity (Wildman–Crippen MR) is 105 cm³/mol. The summed E-state index contributed by atoms with van der Waals surface area (Å²) in [6.45, 7) is 6.22. The first kappa shape index (κ1) is 18.6. The molecule has 1 aliphatic heterocycles. The molecule has 6 nitrogen and oxygen atoms in total. The number of halogens is 1. The molecule has 3 heterocycles. The number of aryl methyl sites for hydroxylation is 2. The lowest BCUT2D eigenvalue weighted by atomic mass is 10.1. The third kappa shape index (κ3) is 3.75. The smallest absolute Gasteiger partial charge is 0.270 e. The third-order valence-corrected chi connectivity index (χ3v) is 5.25. The summed E-state index contributed by atoms with van der Waals surface area (Å²) in [4.78, 5) is 19.6. The van der Waals surface area contributed by atoms with Crippen molar-refractivity contribution >= 4 is 11.6 Å². The number of hydrogen-bond acceptors (Lipinski definition) is 4. The standard InChI is InChI=1S/C21H24FN5O/c1-14-11-20-24-18(12-15(2)27(20)25-14)21(28)23-13-19(26-9-3-4-10-26)16-5-7-17(22)8-6-16/h5-8,11-12,19H,3-4,9-10,13H2,1-2H3,(H,23,28)/t19-/m1/s1. The molecule has 1 fully saturated rings. The van der Waals surface area contributed by atoms with E-state index in [1.807, 2.05) is 19.9 Å². The van der Waals surface area contributed by atoms with Gasteiger partial charge < -0.3 is 5.32 Å². The predicted octanol–water partition coefficient (Wildman–Crippen LogP) is 3.05. The van der Waals surface area contributed by atoms with Gasteiger partial charge in [-0.25, -0.2) is 13.9 Å². The van der Waals surface area contributed by atoms with Crippen molar-refractivity contribution in [2.24, 2.45) is 0 Å². The van der Waals surface area contributed by atoms with Crippen LogP contribution >= 0.6 is 0 Å². The van der Waals surface area contributed by atoms with E-state index in [4.69, 9.17) is 0 Å². The number of rotatable bonds is 5. The lowest BCUT2D eigenvalue weighted by molar-refractivity contribution is 0.0933. The number of amides is 1. The Balaban J connectivity index is 1.53. The molecule has 146 valence electrons. The number of nitrogens with zero attached hydrogens (tertiary/aromatic N) is 4. The van der Waals surface area contributed by atoms with Crippen molar-refractivity contribution in [2.45, 2.75) is 32.7 Å². The zero-order valence-electron chi connectivity index (χ0n) is 16.2. The van der Waals surface area contributed by atoms with E-state index in [1.54, 1.807) is 22.7 Å². The molecule has 4 rings (SSSR count). The molecule has 1 atom stereocenters. The zero-order chi connectivity index (χ0) is 19.7. The minimum atomic E-state index is -0.253. The van der Waals surface area contributed by atoms with E-state index in [9.17, 15) is 9.18 Å². The van der Waals surface area contributed by atoms with Gasteiger partial charge in [0.15, 0.2) is 5.65 Å². The van der Waals surface area contributed by atoms with Gasteiger partial charge in [-0.2, -0.15) is 5.10 Å². The molecule has 0 bridgehead atoms. The van der Waals surface area contributed by atoms with Crippen LogP contribution in [-0.4, -0.2) is 45.0 Å². The van der Waals surface area contributed by atoms with Gasteiger partial charge in [-0.15, -0.1) is 0 Å². The fourth-order valence-electron chi connectivity index (χ4n) is 3.83. The molecule has 0 spiro atoms. The van der Waals surface area contributed by atoms with Gasteiger partial charge in [0.1, 0.15) is 11.5 Å². The van der Waals surface area contributed by atoms with Crippen LogP contribution in [0.1, 0.15) is 46.3 Å². The summed E-state index contributed by atoms with van der Waals surface area (Å²) in [5, 5.41) is 7.39. The Morgan fingerprint density at radius 3 is 2.61 bits per heavy atom. The van der Waals surface area contributed by atoms with Crippen LogP contribution in [0.25, 0.3) is 5.65 Å². The van der Waals surface area contributed by atoms with Gasteiger partial charge in [-0.1, -0.05) is 12.1 Å². The molecular formula is C21H24FN5O. The van der Waals surface area contributed by atoms with Gasteiger partial charge in [-0.3, -0.25) is 9.69 Å². The van der Waals surface area contributed by atoms with Gasteiger partial charge in [0.2, 0.25) is 0 Å². The minimum Gasteiger partial charge on any atom is -0.349 e. The second-order valence-corrected chi connectivity index (χ2v) is 7.36. The van der Waals surface area contributed by atoms with Crippen LogP contribution in [0.15, 0.2) is 36.4 Å². The van der Waals surface area contributed by atoms with Gasteiger partial charge in [-0.05, 0) is 63.5 Å². The lowest BCUT2D eigenvalue weighted by Crippen LogP contribution is -2.37. The molecule has 1 N–H and O–H groups in total. The van der Waals surface area contributed by atoms with Crippen LogP contribution in [0.5, 0.6) is 0 Å². The maximum absolute atomic E-state index is 13.3. The normalized spacial score (nSPS) is 15.8. The van der Waals surface area contributed by atoms with E-state index in [0.717, 1.165) is 42.9 Å². The Morgan fingerprint density at radius 1 is 1.18 bits per heavy atom. The number of carbonyl (C=O) groups excluding carboxylic acids is 1. The number of benzene rings is 1. The first-order valence-electron chi connectivity index (χ1n) is 9.63. The van der Waals surface area contributed by atoms with E-state index < -0.39 is 0 Å². The maximum atomic E-state index is 13.3. The van der Waals surface area contributed by atoms with Gasteiger partial charge in [0.05, 0.1) is 11.7 Å². The highest BCUT2D eigenvalue weighted by Gasteiger charge is 2.24. The molecule has 0 saturated carbocycles. The molecule has 7 heteroatoms. The summed E-state index contributed by atoms with van der Waals surface area (Å²) >= 11 is 0. The van der Waals surface area contributed by atoms with E-state index in [-0.39, 0.29) is 17.8 Å². The molecule has 0 unspecified atom stereocenters. The quantitative estimate of drug-likeness (QED) is 0.738. The van der Waals surface area contributed by atoms with E-state index >= 15 is 0 Å². The topological polar surface area (TPSA) is 62.5 Å². The summed E-state index contributed by atoms with van der Waals surface area (Å²) in [5.41, 5.74) is 3.77. The van der Waals surface area contributed by atoms with Crippen molar-refractivity contribution < 1.29 is 9.18 Å². The summed E-state index contributed by atoms with van der Waals surface area (Å²) in [5.74, 6) is -0.465.